The van der Waals surface area contributed by atoms with E-state index in [9.17, 15) is 26.8 Å². The molecule has 0 atom stereocenters. The number of anilines is 4. The van der Waals surface area contributed by atoms with Crippen LogP contribution in [0.3, 0.4) is 0 Å². The molecule has 0 aliphatic rings. The minimum atomic E-state index is -4.57. The maximum Gasteiger partial charge on any atom is 0.414 e. The summed E-state index contributed by atoms with van der Waals surface area (Å²) in [4.78, 5) is 35.7. The third-order valence-electron chi connectivity index (χ3n) is 5.97. The van der Waals surface area contributed by atoms with Crippen molar-refractivity contribution in [3.05, 3.63) is 54.2 Å². The molecule has 2 aromatic carbocycles. The van der Waals surface area contributed by atoms with Crippen molar-refractivity contribution in [3.63, 3.8) is 0 Å². The molecular weight excluding hydrogens is 574 g/mol. The predicted octanol–water partition coefficient (Wildman–Crippen LogP) is 4.55. The van der Waals surface area contributed by atoms with Crippen LogP contribution in [0.1, 0.15) is 27.2 Å². The van der Waals surface area contributed by atoms with Crippen molar-refractivity contribution in [1.29, 1.82) is 0 Å². The number of hydrogen-bond donors (Lipinski definition) is 1. The number of rotatable bonds is 11. The van der Waals surface area contributed by atoms with E-state index in [0.29, 0.717) is 19.2 Å². The summed E-state index contributed by atoms with van der Waals surface area (Å²) in [6.07, 6.45) is 0.500. The number of para-hydroxylation sites is 1. The highest BCUT2D eigenvalue weighted by Gasteiger charge is 2.29. The molecule has 3 rings (SSSR count). The molecule has 1 N–H and O–H groups in total. The van der Waals surface area contributed by atoms with Crippen LogP contribution in [0.4, 0.5) is 36.7 Å². The van der Waals surface area contributed by atoms with Gasteiger partial charge in [-0.15, -0.1) is 0 Å². The van der Waals surface area contributed by atoms with Crippen LogP contribution in [-0.2, 0) is 14.8 Å². The Balaban J connectivity index is 2.20. The van der Waals surface area contributed by atoms with E-state index in [0.717, 1.165) is 23.5 Å². The zero-order valence-electron chi connectivity index (χ0n) is 24.0. The van der Waals surface area contributed by atoms with E-state index in [1.54, 1.807) is 11.8 Å². The molecule has 226 valence electrons. The first-order chi connectivity index (χ1) is 19.8. The molecule has 0 radical (unpaired) electrons. The van der Waals surface area contributed by atoms with Gasteiger partial charge in [0.25, 0.3) is 10.0 Å². The summed E-state index contributed by atoms with van der Waals surface area (Å²) in [6, 6.07) is 6.56. The molecule has 1 heterocycles. The highest BCUT2D eigenvalue weighted by molar-refractivity contribution is 7.92. The SMILES string of the molecule is CCC(=O)Oc1c(Nc2nc(N(CC)CC)ncc2N(C)S(=O)(=O)c2ccc(F)cc2F)cccc1OC(=O)N(C)C. The van der Waals surface area contributed by atoms with Gasteiger partial charge in [-0.3, -0.25) is 9.10 Å². The van der Waals surface area contributed by atoms with Crippen LogP contribution in [-0.4, -0.2) is 69.6 Å². The van der Waals surface area contributed by atoms with E-state index in [-0.39, 0.29) is 41.1 Å². The van der Waals surface area contributed by atoms with Gasteiger partial charge in [0.15, 0.2) is 17.3 Å². The third-order valence-corrected chi connectivity index (χ3v) is 7.78. The smallest absolute Gasteiger partial charge is 0.414 e. The highest BCUT2D eigenvalue weighted by Crippen LogP contribution is 2.40. The molecule has 15 heteroatoms. The second-order valence-corrected chi connectivity index (χ2v) is 10.9. The van der Waals surface area contributed by atoms with Gasteiger partial charge in [-0.25, -0.2) is 27.0 Å². The molecule has 0 fully saturated rings. The van der Waals surface area contributed by atoms with E-state index in [4.69, 9.17) is 9.47 Å². The van der Waals surface area contributed by atoms with Crippen molar-refractivity contribution < 1.29 is 36.3 Å². The van der Waals surface area contributed by atoms with Crippen molar-refractivity contribution in [2.24, 2.45) is 0 Å². The lowest BCUT2D eigenvalue weighted by atomic mass is 10.2. The first-order valence-electron chi connectivity index (χ1n) is 12.9. The number of amides is 1. The summed E-state index contributed by atoms with van der Waals surface area (Å²) in [7, 11) is -0.455. The normalized spacial score (nSPS) is 11.0. The maximum atomic E-state index is 14.6. The van der Waals surface area contributed by atoms with E-state index < -0.39 is 38.6 Å². The molecule has 0 saturated heterocycles. The Morgan fingerprint density at radius 2 is 1.69 bits per heavy atom. The monoisotopic (exact) mass is 606 g/mol. The van der Waals surface area contributed by atoms with E-state index in [2.05, 4.69) is 15.3 Å². The summed E-state index contributed by atoms with van der Waals surface area (Å²) in [5.74, 6) is -2.91. The molecule has 0 saturated carbocycles. The molecule has 42 heavy (non-hydrogen) atoms. The number of nitrogens with zero attached hydrogens (tertiary/aromatic N) is 5. The Labute approximate surface area is 242 Å². The number of nitrogens with one attached hydrogen (secondary N) is 1. The molecule has 0 aliphatic heterocycles. The van der Waals surface area contributed by atoms with Gasteiger partial charge in [-0.1, -0.05) is 13.0 Å². The van der Waals surface area contributed by atoms with Gasteiger partial charge in [0.2, 0.25) is 5.95 Å². The summed E-state index contributed by atoms with van der Waals surface area (Å²) < 4.78 is 66.5. The molecule has 1 aromatic heterocycles. The molecule has 0 spiro atoms. The second kappa shape index (κ2) is 13.4. The Bertz CT molecular complexity index is 1570. The Morgan fingerprint density at radius 1 is 1.00 bits per heavy atom. The van der Waals surface area contributed by atoms with Crippen LogP contribution >= 0.6 is 0 Å². The summed E-state index contributed by atoms with van der Waals surface area (Å²) >= 11 is 0. The first-order valence-corrected chi connectivity index (χ1v) is 14.3. The number of halogens is 2. The van der Waals surface area contributed by atoms with Crippen molar-refractivity contribution in [2.45, 2.75) is 32.1 Å². The molecule has 0 bridgehead atoms. The number of benzene rings is 2. The first kappa shape index (κ1) is 32.0. The summed E-state index contributed by atoms with van der Waals surface area (Å²) in [5.41, 5.74) is -0.0110. The van der Waals surface area contributed by atoms with Crippen molar-refractivity contribution in [1.82, 2.24) is 14.9 Å². The zero-order chi connectivity index (χ0) is 31.2. The van der Waals surface area contributed by atoms with Gasteiger partial charge >= 0.3 is 12.1 Å². The van der Waals surface area contributed by atoms with Crippen LogP contribution in [0.2, 0.25) is 0 Å². The van der Waals surface area contributed by atoms with Crippen LogP contribution in [0.15, 0.2) is 47.5 Å². The van der Waals surface area contributed by atoms with Crippen LogP contribution in [0, 0.1) is 11.6 Å². The van der Waals surface area contributed by atoms with Crippen LogP contribution < -0.4 is 24.0 Å². The van der Waals surface area contributed by atoms with Gasteiger partial charge in [-0.05, 0) is 38.1 Å². The molecule has 1 amide bonds. The zero-order valence-corrected chi connectivity index (χ0v) is 24.8. The minimum absolute atomic E-state index is 0.00445. The maximum absolute atomic E-state index is 14.6. The van der Waals surface area contributed by atoms with E-state index >= 15 is 0 Å². The number of aromatic nitrogens is 2. The van der Waals surface area contributed by atoms with Crippen molar-refractivity contribution >= 4 is 45.2 Å². The Kier molecular flexibility index (Phi) is 10.2. The lowest BCUT2D eigenvalue weighted by Crippen LogP contribution is -2.30. The van der Waals surface area contributed by atoms with Crippen molar-refractivity contribution in [2.75, 3.05) is 48.8 Å². The Hall–Kier alpha value is -4.53. The van der Waals surface area contributed by atoms with E-state index in [1.807, 2.05) is 13.8 Å². The summed E-state index contributed by atoms with van der Waals surface area (Å²) in [5, 5.41) is 2.97. The predicted molar refractivity (Wildman–Crippen MR) is 153 cm³/mol. The fourth-order valence-electron chi connectivity index (χ4n) is 3.61. The average Bonchev–Trinajstić information content (AvgIpc) is 2.94. The fourth-order valence-corrected chi connectivity index (χ4v) is 4.84. The van der Waals surface area contributed by atoms with Gasteiger partial charge in [-0.2, -0.15) is 4.98 Å². The quantitative estimate of drug-likeness (QED) is 0.245. The average molecular weight is 607 g/mol. The lowest BCUT2D eigenvalue weighted by Gasteiger charge is -2.25. The van der Waals surface area contributed by atoms with Crippen LogP contribution in [0.25, 0.3) is 0 Å². The molecule has 3 aromatic rings. The minimum Gasteiger partial charge on any atom is -0.420 e. The number of ether oxygens (including phenoxy) is 2. The van der Waals surface area contributed by atoms with E-state index in [1.165, 1.54) is 43.4 Å². The number of carbonyl (C=O) groups excluding carboxylic acids is 2. The van der Waals surface area contributed by atoms with Gasteiger partial charge in [0, 0.05) is 46.7 Å². The largest absolute Gasteiger partial charge is 0.420 e. The number of carbonyl (C=O) groups is 2. The van der Waals surface area contributed by atoms with Gasteiger partial charge < -0.3 is 24.6 Å². The number of hydrogen-bond acceptors (Lipinski definition) is 10. The lowest BCUT2D eigenvalue weighted by molar-refractivity contribution is -0.134. The third kappa shape index (κ3) is 7.02. The molecule has 0 aliphatic carbocycles. The second-order valence-electron chi connectivity index (χ2n) is 8.97. The molecule has 12 nitrogen and oxygen atoms in total. The van der Waals surface area contributed by atoms with Crippen LogP contribution in [0.5, 0.6) is 11.5 Å². The summed E-state index contributed by atoms with van der Waals surface area (Å²) in [6.45, 7) is 6.40. The van der Waals surface area contributed by atoms with Gasteiger partial charge in [0.1, 0.15) is 22.2 Å². The number of esters is 1. The highest BCUT2D eigenvalue weighted by atomic mass is 32.2. The fraction of sp³-hybridized carbons (Fsp3) is 0.333. The topological polar surface area (TPSA) is 134 Å². The Morgan fingerprint density at radius 3 is 2.29 bits per heavy atom. The van der Waals surface area contributed by atoms with Crippen molar-refractivity contribution in [3.8, 4) is 11.5 Å². The van der Waals surface area contributed by atoms with Gasteiger partial charge in [0.05, 0.1) is 11.9 Å². The standard InChI is InChI=1S/C27H32F2N6O6S/c1-7-23(36)41-24-19(11-10-12-21(24)40-27(37)33(4)5)31-25-20(16-30-26(32-25)35(8-2)9-3)34(6)42(38,39)22-14-13-17(28)15-18(22)29/h10-16H,7-9H2,1-6H3,(H,30,31,32). The molecular formula is C27H32F2N6O6S. The number of sulfonamides is 1. The molecule has 0 unspecified atom stereocenters.